The number of benzene rings is 3. The number of rotatable bonds is 8. The average Bonchev–Trinajstić information content (AvgIpc) is 3.58. The number of amides is 2. The van der Waals surface area contributed by atoms with Gasteiger partial charge in [-0.25, -0.2) is 4.98 Å². The number of aromatic hydroxyl groups is 1. The Morgan fingerprint density at radius 2 is 1.86 bits per heavy atom. The number of fused-ring (bicyclic) bond motifs is 4. The number of carbonyl (C=O) groups is 2. The van der Waals surface area contributed by atoms with Crippen LogP contribution >= 0.6 is 11.6 Å². The van der Waals surface area contributed by atoms with E-state index in [4.69, 9.17) is 16.3 Å². The van der Waals surface area contributed by atoms with Crippen LogP contribution in [0.15, 0.2) is 72.9 Å². The van der Waals surface area contributed by atoms with E-state index in [-0.39, 0.29) is 30.1 Å². The smallest absolute Gasteiger partial charge is 0.274 e. The fourth-order valence-electron chi connectivity index (χ4n) is 5.61. The number of phenols is 1. The molecule has 2 aromatic heterocycles. The van der Waals surface area contributed by atoms with Gasteiger partial charge in [0.15, 0.2) is 0 Å². The average molecular weight is 599 g/mol. The second kappa shape index (κ2) is 11.2. The van der Waals surface area contributed by atoms with Crippen molar-refractivity contribution in [3.63, 3.8) is 0 Å². The van der Waals surface area contributed by atoms with Crippen LogP contribution in [0.3, 0.4) is 0 Å². The van der Waals surface area contributed by atoms with Crippen LogP contribution in [0.4, 0.5) is 11.5 Å². The lowest BCUT2D eigenvalue weighted by Gasteiger charge is -2.25. The van der Waals surface area contributed by atoms with Gasteiger partial charge in [-0.15, -0.1) is 11.6 Å². The molecule has 1 unspecified atom stereocenters. The van der Waals surface area contributed by atoms with Crippen LogP contribution in [-0.2, 0) is 0 Å². The summed E-state index contributed by atoms with van der Waals surface area (Å²) in [6.07, 6.45) is 2.05. The van der Waals surface area contributed by atoms with Crippen LogP contribution in [0.5, 0.6) is 11.5 Å². The highest BCUT2D eigenvalue weighted by atomic mass is 35.5. The molecule has 0 aliphatic carbocycles. The Kier molecular flexibility index (Phi) is 7.45. The van der Waals surface area contributed by atoms with E-state index >= 15 is 0 Å². The van der Waals surface area contributed by atoms with Gasteiger partial charge in [0.1, 0.15) is 28.6 Å². The number of halogens is 1. The number of aromatic amines is 1. The van der Waals surface area contributed by atoms with Crippen LogP contribution in [0.2, 0.25) is 0 Å². The molecular weight excluding hydrogens is 568 g/mol. The molecule has 3 aromatic carbocycles. The lowest BCUT2D eigenvalue weighted by Crippen LogP contribution is -2.30. The highest BCUT2D eigenvalue weighted by molar-refractivity contribution is 6.19. The van der Waals surface area contributed by atoms with Crippen molar-refractivity contribution >= 4 is 56.6 Å². The minimum atomic E-state index is -0.533. The molecule has 1 aliphatic heterocycles. The Balaban J connectivity index is 1.21. The molecule has 0 fully saturated rings. The Morgan fingerprint density at radius 3 is 2.58 bits per heavy atom. The van der Waals surface area contributed by atoms with Crippen LogP contribution in [-0.4, -0.2) is 56.6 Å². The first-order chi connectivity index (χ1) is 20.7. The number of aliphatic hydroxyl groups is 1. The van der Waals surface area contributed by atoms with E-state index in [1.165, 1.54) is 0 Å². The second-order valence-corrected chi connectivity index (χ2v) is 11.6. The van der Waals surface area contributed by atoms with Crippen molar-refractivity contribution in [3.05, 3.63) is 89.7 Å². The molecule has 0 saturated carbocycles. The quantitative estimate of drug-likeness (QED) is 0.158. The summed E-state index contributed by atoms with van der Waals surface area (Å²) >= 11 is 6.34. The SMILES string of the molecule is CC(C)(CCO)Oc1ccc(C(=O)Nc2cc3cc(C(=O)N4CC(CCl)c5c4cc(O)c4ccccc54)[nH]c3cn2)cc1. The summed E-state index contributed by atoms with van der Waals surface area (Å²) in [7, 11) is 0. The molecule has 5 aromatic rings. The predicted octanol–water partition coefficient (Wildman–Crippen LogP) is 6.20. The van der Waals surface area contributed by atoms with Gasteiger partial charge in [-0.3, -0.25) is 9.59 Å². The topological polar surface area (TPSA) is 128 Å². The lowest BCUT2D eigenvalue weighted by molar-refractivity contribution is 0.0765. The van der Waals surface area contributed by atoms with Crippen molar-refractivity contribution < 1.29 is 24.5 Å². The first-order valence-electron chi connectivity index (χ1n) is 14.0. The van der Waals surface area contributed by atoms with E-state index in [0.717, 1.165) is 16.3 Å². The maximum atomic E-state index is 13.7. The van der Waals surface area contributed by atoms with E-state index in [1.807, 2.05) is 38.1 Å². The van der Waals surface area contributed by atoms with E-state index in [1.54, 1.807) is 53.6 Å². The summed E-state index contributed by atoms with van der Waals surface area (Å²) in [5, 5.41) is 25.0. The van der Waals surface area contributed by atoms with Crippen molar-refractivity contribution in [3.8, 4) is 11.5 Å². The fraction of sp³-hybridized carbons (Fsp3) is 0.242. The molecule has 0 radical (unpaired) electrons. The molecule has 1 atom stereocenters. The fourth-order valence-corrected chi connectivity index (χ4v) is 5.86. The van der Waals surface area contributed by atoms with Crippen LogP contribution in [0.1, 0.15) is 52.6 Å². The first kappa shape index (κ1) is 28.5. The molecule has 1 aliphatic rings. The summed E-state index contributed by atoms with van der Waals surface area (Å²) in [5.74, 6) is 0.707. The minimum absolute atomic E-state index is 0.0182. The highest BCUT2D eigenvalue weighted by Crippen LogP contribution is 2.45. The van der Waals surface area contributed by atoms with Gasteiger partial charge in [0.05, 0.1) is 17.4 Å². The number of aliphatic hydroxyl groups excluding tert-OH is 1. The Labute approximate surface area is 253 Å². The van der Waals surface area contributed by atoms with E-state index in [9.17, 15) is 19.8 Å². The standard InChI is InChI=1S/C33H31ClN4O5/c1-33(2,11-12-39)43-22-9-7-19(8-10-22)31(41)37-29-14-20-13-25(36-26(20)17-35-29)32(42)38-18-21(16-34)30-24-6-4-3-5-23(24)28(40)15-27(30)38/h3-10,13-15,17,21,36,39-40H,11-12,16,18H2,1-2H3,(H,35,37,41). The molecule has 0 spiro atoms. The molecule has 43 heavy (non-hydrogen) atoms. The second-order valence-electron chi connectivity index (χ2n) is 11.3. The highest BCUT2D eigenvalue weighted by Gasteiger charge is 2.35. The number of alkyl halides is 1. The number of ether oxygens (including phenoxy) is 1. The van der Waals surface area contributed by atoms with Gasteiger partial charge >= 0.3 is 0 Å². The van der Waals surface area contributed by atoms with Gasteiger partial charge in [0, 0.05) is 53.8 Å². The summed E-state index contributed by atoms with van der Waals surface area (Å²) in [5.41, 5.74) is 2.49. The maximum Gasteiger partial charge on any atom is 0.274 e. The van der Waals surface area contributed by atoms with Gasteiger partial charge in [-0.05, 0) is 61.2 Å². The Bertz CT molecular complexity index is 1850. The number of nitrogens with one attached hydrogen (secondary N) is 2. The Morgan fingerprint density at radius 1 is 1.12 bits per heavy atom. The molecule has 10 heteroatoms. The third kappa shape index (κ3) is 5.49. The molecule has 6 rings (SSSR count). The van der Waals surface area contributed by atoms with E-state index in [2.05, 4.69) is 15.3 Å². The Hall–Kier alpha value is -4.60. The van der Waals surface area contributed by atoms with Gasteiger partial charge in [0.25, 0.3) is 11.8 Å². The molecule has 3 heterocycles. The van der Waals surface area contributed by atoms with Gasteiger partial charge < -0.3 is 30.2 Å². The van der Waals surface area contributed by atoms with E-state index in [0.29, 0.717) is 58.3 Å². The van der Waals surface area contributed by atoms with Crippen molar-refractivity contribution in [1.82, 2.24) is 9.97 Å². The predicted molar refractivity (Wildman–Crippen MR) is 168 cm³/mol. The van der Waals surface area contributed by atoms with Gasteiger partial charge in [0.2, 0.25) is 0 Å². The minimum Gasteiger partial charge on any atom is -0.507 e. The number of nitrogens with zero attached hydrogens (tertiary/aromatic N) is 2. The van der Waals surface area contributed by atoms with Gasteiger partial charge in [-0.2, -0.15) is 0 Å². The van der Waals surface area contributed by atoms with Crippen LogP contribution in [0.25, 0.3) is 21.7 Å². The molecule has 4 N–H and O–H groups in total. The zero-order valence-electron chi connectivity index (χ0n) is 23.7. The van der Waals surface area contributed by atoms with Crippen molar-refractivity contribution in [2.75, 3.05) is 29.2 Å². The molecule has 220 valence electrons. The first-order valence-corrected chi connectivity index (χ1v) is 14.5. The summed E-state index contributed by atoms with van der Waals surface area (Å²) in [6.45, 7) is 4.19. The third-order valence-electron chi connectivity index (χ3n) is 7.78. The van der Waals surface area contributed by atoms with Gasteiger partial charge in [-0.1, -0.05) is 24.3 Å². The van der Waals surface area contributed by atoms with Crippen molar-refractivity contribution in [1.29, 1.82) is 0 Å². The molecule has 2 amide bonds. The van der Waals surface area contributed by atoms with Crippen LogP contribution < -0.4 is 15.0 Å². The monoisotopic (exact) mass is 598 g/mol. The third-order valence-corrected chi connectivity index (χ3v) is 8.15. The lowest BCUT2D eigenvalue weighted by atomic mass is 9.95. The van der Waals surface area contributed by atoms with Crippen molar-refractivity contribution in [2.45, 2.75) is 31.8 Å². The summed E-state index contributed by atoms with van der Waals surface area (Å²) < 4.78 is 5.90. The number of hydrogen-bond acceptors (Lipinski definition) is 6. The zero-order chi connectivity index (χ0) is 30.3. The summed E-state index contributed by atoms with van der Waals surface area (Å²) in [4.78, 5) is 35.8. The number of anilines is 2. The molecule has 9 nitrogen and oxygen atoms in total. The number of carbonyl (C=O) groups excluding carboxylic acids is 2. The number of hydrogen-bond donors (Lipinski definition) is 4. The normalized spacial score (nSPS) is 14.7. The largest absolute Gasteiger partial charge is 0.507 e. The maximum absolute atomic E-state index is 13.7. The number of phenolic OH excluding ortho intramolecular Hbond substituents is 1. The number of aromatic nitrogens is 2. The number of pyridine rings is 1. The number of H-pyrrole nitrogens is 1. The molecular formula is C33H31ClN4O5. The summed E-state index contributed by atoms with van der Waals surface area (Å²) in [6, 6.07) is 19.4. The zero-order valence-corrected chi connectivity index (χ0v) is 24.5. The van der Waals surface area contributed by atoms with Crippen LogP contribution in [0, 0.1) is 0 Å². The van der Waals surface area contributed by atoms with Crippen molar-refractivity contribution in [2.24, 2.45) is 0 Å². The molecule has 0 bridgehead atoms. The molecule has 0 saturated heterocycles. The van der Waals surface area contributed by atoms with E-state index < -0.39 is 5.60 Å².